The molecule has 0 amide bonds. The van der Waals surface area contributed by atoms with E-state index in [2.05, 4.69) is 20.7 Å². The largest absolute Gasteiger partial charge is 0.545 e. The Morgan fingerprint density at radius 3 is 2.83 bits per heavy atom. The highest BCUT2D eigenvalue weighted by Crippen LogP contribution is 2.25. The molecule has 1 aromatic carbocycles. The molecule has 0 fully saturated rings. The van der Waals surface area contributed by atoms with E-state index in [1.165, 1.54) is 17.0 Å². The minimum Gasteiger partial charge on any atom is -0.545 e. The zero-order valence-electron chi connectivity index (χ0n) is 12.6. The van der Waals surface area contributed by atoms with E-state index in [9.17, 15) is 9.90 Å². The van der Waals surface area contributed by atoms with Crippen LogP contribution in [-0.4, -0.2) is 27.1 Å². The Morgan fingerprint density at radius 2 is 2.12 bits per heavy atom. The van der Waals surface area contributed by atoms with Crippen molar-refractivity contribution >= 4 is 18.1 Å². The van der Waals surface area contributed by atoms with Gasteiger partial charge in [-0.3, -0.25) is 0 Å². The van der Waals surface area contributed by atoms with Crippen LogP contribution in [0.4, 0.5) is 5.95 Å². The van der Waals surface area contributed by atoms with Crippen LogP contribution in [0.25, 0.3) is 11.3 Å². The fourth-order valence-electron chi connectivity index (χ4n) is 2.04. The number of benzene rings is 1. The second kappa shape index (κ2) is 6.24. The number of aromatic carboxylic acids is 1. The highest BCUT2D eigenvalue weighted by Gasteiger charge is 2.09. The summed E-state index contributed by atoms with van der Waals surface area (Å²) in [7, 11) is 0. The number of aromatic nitrogens is 3. The maximum atomic E-state index is 11.1. The number of carbonyl (C=O) groups excluding carboxylic acids is 1. The van der Waals surface area contributed by atoms with Crippen LogP contribution in [0, 0.1) is 6.92 Å². The predicted octanol–water partition coefficient (Wildman–Crippen LogP) is 0.370. The fraction of sp³-hybridized carbons (Fsp3) is 0.0667. The van der Waals surface area contributed by atoms with Gasteiger partial charge in [0.25, 0.3) is 5.95 Å². The van der Waals surface area contributed by atoms with Crippen molar-refractivity contribution in [3.63, 3.8) is 0 Å². The zero-order chi connectivity index (χ0) is 17.1. The van der Waals surface area contributed by atoms with Gasteiger partial charge in [-0.1, -0.05) is 24.3 Å². The number of nitrogens with zero attached hydrogens (tertiary/aromatic N) is 4. The summed E-state index contributed by atoms with van der Waals surface area (Å²) < 4.78 is 6.83. The number of aryl methyl sites for hydroxylation is 1. The van der Waals surface area contributed by atoms with Crippen molar-refractivity contribution in [2.75, 3.05) is 11.3 Å². The number of carboxylic acid groups (broad SMARTS) is 1. The lowest BCUT2D eigenvalue weighted by molar-refractivity contribution is -0.254. The molecule has 0 aliphatic carbocycles. The van der Waals surface area contributed by atoms with Crippen LogP contribution >= 0.6 is 0 Å². The molecular formula is C15H13N6O3-. The van der Waals surface area contributed by atoms with Crippen LogP contribution in [0.15, 0.2) is 45.9 Å². The first-order valence-electron chi connectivity index (χ1n) is 6.93. The molecule has 0 unspecified atom stereocenters. The third-order valence-electron chi connectivity index (χ3n) is 3.26. The molecule has 0 aliphatic rings. The van der Waals surface area contributed by atoms with Gasteiger partial charge >= 0.3 is 0 Å². The Morgan fingerprint density at radius 1 is 1.33 bits per heavy atom. The van der Waals surface area contributed by atoms with Crippen LogP contribution in [0.5, 0.6) is 0 Å². The smallest absolute Gasteiger partial charge is 0.263 e. The molecule has 9 nitrogen and oxygen atoms in total. The molecule has 0 saturated carbocycles. The normalized spacial score (nSPS) is 11.0. The molecule has 3 rings (SSSR count). The number of anilines is 1. The Kier molecular flexibility index (Phi) is 3.98. The Labute approximate surface area is 136 Å². The van der Waals surface area contributed by atoms with E-state index in [4.69, 9.17) is 10.3 Å². The number of hydrogen-bond acceptors (Lipinski definition) is 8. The quantitative estimate of drug-likeness (QED) is 0.393. The van der Waals surface area contributed by atoms with Crippen LogP contribution in [0.3, 0.4) is 0 Å². The molecular weight excluding hydrogens is 312 g/mol. The van der Waals surface area contributed by atoms with E-state index in [1.807, 2.05) is 0 Å². The lowest BCUT2D eigenvalue weighted by Crippen LogP contribution is -2.22. The first-order chi connectivity index (χ1) is 11.6. The molecule has 0 saturated heterocycles. The maximum Gasteiger partial charge on any atom is 0.263 e. The van der Waals surface area contributed by atoms with Crippen molar-refractivity contribution < 1.29 is 14.3 Å². The minimum atomic E-state index is -1.27. The average Bonchev–Trinajstić information content (AvgIpc) is 3.17. The number of rotatable bonds is 5. The summed E-state index contributed by atoms with van der Waals surface area (Å²) in [5.74, 6) is 6.04. The Bertz CT molecular complexity index is 912. The van der Waals surface area contributed by atoms with Crippen molar-refractivity contribution in [1.29, 1.82) is 0 Å². The van der Waals surface area contributed by atoms with Crippen molar-refractivity contribution in [3.05, 3.63) is 53.5 Å². The second-order valence-electron chi connectivity index (χ2n) is 4.85. The fourth-order valence-corrected chi connectivity index (χ4v) is 2.04. The molecule has 0 aliphatic heterocycles. The number of carbonyl (C=O) groups is 1. The Hall–Kier alpha value is -3.62. The standard InChI is InChI=1S/C15H14N6O3/c1-9-18-20-15(21(9)16)19-17-8-10-6-7-13(24-10)11-4-2-3-5-12(11)14(22)23/h2-8H,16H2,1H3,(H,19,20)(H,22,23)/p-1/b17-8-. The van der Waals surface area contributed by atoms with E-state index in [-0.39, 0.29) is 11.5 Å². The molecule has 3 aromatic rings. The molecule has 0 radical (unpaired) electrons. The first-order valence-corrected chi connectivity index (χ1v) is 6.93. The summed E-state index contributed by atoms with van der Waals surface area (Å²) in [4.78, 5) is 11.1. The number of nitrogens with two attached hydrogens (primary N) is 1. The van der Waals surface area contributed by atoms with Crippen LogP contribution in [0.1, 0.15) is 21.9 Å². The minimum absolute atomic E-state index is 0.0557. The van der Waals surface area contributed by atoms with Crippen LogP contribution in [-0.2, 0) is 0 Å². The van der Waals surface area contributed by atoms with Gasteiger partial charge in [0.05, 0.1) is 12.2 Å². The van der Waals surface area contributed by atoms with E-state index >= 15 is 0 Å². The lowest BCUT2D eigenvalue weighted by Gasteiger charge is -2.07. The molecule has 2 aromatic heterocycles. The van der Waals surface area contributed by atoms with Gasteiger partial charge in [0.15, 0.2) is 5.82 Å². The highest BCUT2D eigenvalue weighted by atomic mass is 16.4. The molecule has 0 spiro atoms. The van der Waals surface area contributed by atoms with Crippen molar-refractivity contribution in [2.24, 2.45) is 5.10 Å². The molecule has 3 N–H and O–H groups in total. The van der Waals surface area contributed by atoms with Gasteiger partial charge in [-0.25, -0.2) is 10.1 Å². The monoisotopic (exact) mass is 325 g/mol. The Balaban J connectivity index is 1.78. The SMILES string of the molecule is Cc1nnc(N/N=C\c2ccc(-c3ccccc3C(=O)[O-])o2)n1N. The molecule has 122 valence electrons. The van der Waals surface area contributed by atoms with Crippen molar-refractivity contribution in [2.45, 2.75) is 6.92 Å². The van der Waals surface area contributed by atoms with Gasteiger partial charge in [-0.15, -0.1) is 10.2 Å². The van der Waals surface area contributed by atoms with E-state index < -0.39 is 5.97 Å². The summed E-state index contributed by atoms with van der Waals surface area (Å²) >= 11 is 0. The first kappa shape index (κ1) is 15.3. The zero-order valence-corrected chi connectivity index (χ0v) is 12.6. The third kappa shape index (κ3) is 2.95. The van der Waals surface area contributed by atoms with Gasteiger partial charge in [0.1, 0.15) is 11.5 Å². The summed E-state index contributed by atoms with van der Waals surface area (Å²) in [5.41, 5.74) is 3.12. The number of carboxylic acids is 1. The molecule has 2 heterocycles. The summed E-state index contributed by atoms with van der Waals surface area (Å²) in [6.07, 6.45) is 1.41. The predicted molar refractivity (Wildman–Crippen MR) is 84.6 cm³/mol. The topological polar surface area (TPSA) is 134 Å². The number of nitrogen functional groups attached to an aromatic ring is 1. The molecule has 24 heavy (non-hydrogen) atoms. The summed E-state index contributed by atoms with van der Waals surface area (Å²) in [5, 5.41) is 22.7. The van der Waals surface area contributed by atoms with Gasteiger partial charge in [-0.05, 0) is 19.1 Å². The summed E-state index contributed by atoms with van der Waals surface area (Å²) in [6, 6.07) is 9.75. The summed E-state index contributed by atoms with van der Waals surface area (Å²) in [6.45, 7) is 1.70. The van der Waals surface area contributed by atoms with E-state index in [1.54, 1.807) is 37.3 Å². The van der Waals surface area contributed by atoms with E-state index in [0.29, 0.717) is 22.9 Å². The maximum absolute atomic E-state index is 11.1. The number of hydrazone groups is 1. The number of furan rings is 1. The van der Waals surface area contributed by atoms with Gasteiger partial charge < -0.3 is 20.2 Å². The molecule has 0 bridgehead atoms. The molecule has 9 heteroatoms. The van der Waals surface area contributed by atoms with Gasteiger partial charge in [-0.2, -0.15) is 5.10 Å². The number of hydrogen-bond donors (Lipinski definition) is 2. The highest BCUT2D eigenvalue weighted by molar-refractivity contribution is 5.94. The van der Waals surface area contributed by atoms with Crippen molar-refractivity contribution in [3.8, 4) is 11.3 Å². The van der Waals surface area contributed by atoms with Crippen LogP contribution < -0.4 is 16.4 Å². The average molecular weight is 325 g/mol. The number of nitrogens with one attached hydrogen (secondary N) is 1. The van der Waals surface area contributed by atoms with E-state index in [0.717, 1.165) is 0 Å². The lowest BCUT2D eigenvalue weighted by atomic mass is 10.1. The van der Waals surface area contributed by atoms with Gasteiger partial charge in [0, 0.05) is 11.1 Å². The van der Waals surface area contributed by atoms with Crippen molar-refractivity contribution in [1.82, 2.24) is 14.9 Å². The van der Waals surface area contributed by atoms with Crippen LogP contribution in [0.2, 0.25) is 0 Å². The molecule has 0 atom stereocenters. The third-order valence-corrected chi connectivity index (χ3v) is 3.26. The van der Waals surface area contributed by atoms with Gasteiger partial charge in [0.2, 0.25) is 0 Å². The second-order valence-corrected chi connectivity index (χ2v) is 4.85.